The average molecular weight is 262 g/mol. The van der Waals surface area contributed by atoms with Crippen LogP contribution in [0.15, 0.2) is 34.1 Å². The standard InChI is InChI=1S/C14H18N2OS/c1-4-5-17-8-13-6-12(9-18-13)14-10(2)7-15-11(3)16-14/h4,6-7,9-10,14H,1,5,8H2,2-3H3. The van der Waals surface area contributed by atoms with Gasteiger partial charge < -0.3 is 4.74 Å². The second kappa shape index (κ2) is 6.07. The molecule has 0 saturated heterocycles. The van der Waals surface area contributed by atoms with Crippen molar-refractivity contribution >= 4 is 23.4 Å². The van der Waals surface area contributed by atoms with E-state index in [4.69, 9.17) is 4.74 Å². The van der Waals surface area contributed by atoms with E-state index in [0.29, 0.717) is 19.1 Å². The number of hydrogen-bond acceptors (Lipinski definition) is 4. The van der Waals surface area contributed by atoms with Gasteiger partial charge in [-0.2, -0.15) is 0 Å². The van der Waals surface area contributed by atoms with Gasteiger partial charge in [-0.15, -0.1) is 17.9 Å². The molecule has 0 fully saturated rings. The van der Waals surface area contributed by atoms with Crippen LogP contribution in [0.3, 0.4) is 0 Å². The lowest BCUT2D eigenvalue weighted by Gasteiger charge is -2.19. The normalized spacial score (nSPS) is 22.9. The number of rotatable bonds is 5. The molecule has 1 aliphatic heterocycles. The Hall–Kier alpha value is -1.26. The summed E-state index contributed by atoms with van der Waals surface area (Å²) in [5, 5.41) is 2.17. The van der Waals surface area contributed by atoms with Crippen molar-refractivity contribution in [1.29, 1.82) is 0 Å². The highest BCUT2D eigenvalue weighted by atomic mass is 32.1. The molecule has 2 unspecified atom stereocenters. The molecule has 0 bridgehead atoms. The SMILES string of the molecule is C=CCOCc1cc(C2N=C(C)N=CC2C)cs1. The molecule has 0 saturated carbocycles. The zero-order valence-electron chi connectivity index (χ0n) is 10.8. The fourth-order valence-electron chi connectivity index (χ4n) is 1.91. The van der Waals surface area contributed by atoms with E-state index < -0.39 is 0 Å². The third-order valence-electron chi connectivity index (χ3n) is 2.82. The number of amidine groups is 1. The molecule has 2 heterocycles. The largest absolute Gasteiger partial charge is 0.372 e. The predicted molar refractivity (Wildman–Crippen MR) is 77.7 cm³/mol. The molecule has 2 atom stereocenters. The molecule has 1 aromatic heterocycles. The first kappa shape index (κ1) is 13.2. The van der Waals surface area contributed by atoms with Crippen molar-refractivity contribution in [2.75, 3.05) is 6.61 Å². The minimum atomic E-state index is 0.201. The molecule has 1 aliphatic rings. The summed E-state index contributed by atoms with van der Waals surface area (Å²) in [6.45, 7) is 8.97. The van der Waals surface area contributed by atoms with Gasteiger partial charge in [0.1, 0.15) is 5.84 Å². The molecule has 3 nitrogen and oxygen atoms in total. The highest BCUT2D eigenvalue weighted by Gasteiger charge is 2.21. The molecule has 2 rings (SSSR count). The van der Waals surface area contributed by atoms with Gasteiger partial charge in [0.2, 0.25) is 0 Å². The number of nitrogens with zero attached hydrogens (tertiary/aromatic N) is 2. The van der Waals surface area contributed by atoms with Crippen molar-refractivity contribution in [3.8, 4) is 0 Å². The molecule has 0 radical (unpaired) electrons. The molecule has 0 amide bonds. The van der Waals surface area contributed by atoms with Crippen LogP contribution in [0.4, 0.5) is 0 Å². The molecule has 0 aromatic carbocycles. The Morgan fingerprint density at radius 3 is 3.17 bits per heavy atom. The zero-order chi connectivity index (χ0) is 13.0. The first-order valence-electron chi connectivity index (χ1n) is 6.05. The fourth-order valence-corrected chi connectivity index (χ4v) is 2.76. The summed E-state index contributed by atoms with van der Waals surface area (Å²) in [5.74, 6) is 1.21. The van der Waals surface area contributed by atoms with E-state index in [9.17, 15) is 0 Å². The lowest BCUT2D eigenvalue weighted by Crippen LogP contribution is -2.14. The molecular formula is C14H18N2OS. The lowest BCUT2D eigenvalue weighted by molar-refractivity contribution is 0.151. The van der Waals surface area contributed by atoms with E-state index >= 15 is 0 Å². The number of aliphatic imine (C=N–C) groups is 2. The second-order valence-electron chi connectivity index (χ2n) is 4.41. The predicted octanol–water partition coefficient (Wildman–Crippen LogP) is 3.63. The topological polar surface area (TPSA) is 34.0 Å². The summed E-state index contributed by atoms with van der Waals surface area (Å²) in [6, 6.07) is 2.39. The Morgan fingerprint density at radius 2 is 2.39 bits per heavy atom. The highest BCUT2D eigenvalue weighted by Crippen LogP contribution is 2.31. The maximum absolute atomic E-state index is 5.45. The molecule has 0 aliphatic carbocycles. The Bertz CT molecular complexity index is 476. The van der Waals surface area contributed by atoms with Gasteiger partial charge in [-0.25, -0.2) is 4.99 Å². The molecule has 4 heteroatoms. The van der Waals surface area contributed by atoms with E-state index in [1.54, 1.807) is 17.4 Å². The smallest absolute Gasteiger partial charge is 0.120 e. The van der Waals surface area contributed by atoms with Crippen molar-refractivity contribution in [1.82, 2.24) is 0 Å². The van der Waals surface area contributed by atoms with Crippen molar-refractivity contribution in [2.24, 2.45) is 15.9 Å². The maximum Gasteiger partial charge on any atom is 0.120 e. The minimum absolute atomic E-state index is 0.201. The summed E-state index contributed by atoms with van der Waals surface area (Å²) in [6.07, 6.45) is 3.75. The first-order valence-corrected chi connectivity index (χ1v) is 6.93. The summed E-state index contributed by atoms with van der Waals surface area (Å²) in [7, 11) is 0. The van der Waals surface area contributed by atoms with Crippen LogP contribution in [-0.2, 0) is 11.3 Å². The molecule has 1 aromatic rings. The highest BCUT2D eigenvalue weighted by molar-refractivity contribution is 7.10. The van der Waals surface area contributed by atoms with Crippen molar-refractivity contribution < 1.29 is 4.74 Å². The van der Waals surface area contributed by atoms with E-state index in [1.165, 1.54) is 10.4 Å². The third kappa shape index (κ3) is 3.15. The number of ether oxygens (including phenoxy) is 1. The van der Waals surface area contributed by atoms with E-state index in [-0.39, 0.29) is 6.04 Å². The lowest BCUT2D eigenvalue weighted by atomic mass is 9.97. The Labute approximate surface area is 112 Å². The van der Waals surface area contributed by atoms with Crippen molar-refractivity contribution in [2.45, 2.75) is 26.5 Å². The zero-order valence-corrected chi connectivity index (χ0v) is 11.6. The van der Waals surface area contributed by atoms with Gasteiger partial charge in [-0.1, -0.05) is 13.0 Å². The number of hydrogen-bond donors (Lipinski definition) is 0. The van der Waals surface area contributed by atoms with Gasteiger partial charge in [-0.3, -0.25) is 4.99 Å². The average Bonchev–Trinajstić information content (AvgIpc) is 2.81. The summed E-state index contributed by atoms with van der Waals surface area (Å²) >= 11 is 1.72. The monoisotopic (exact) mass is 262 g/mol. The first-order chi connectivity index (χ1) is 8.70. The van der Waals surface area contributed by atoms with E-state index in [1.807, 2.05) is 13.1 Å². The quantitative estimate of drug-likeness (QED) is 0.589. The van der Waals surface area contributed by atoms with Crippen molar-refractivity contribution in [3.05, 3.63) is 34.5 Å². The molecule has 0 spiro atoms. The van der Waals surface area contributed by atoms with Crippen LogP contribution >= 0.6 is 11.3 Å². The van der Waals surface area contributed by atoms with Gasteiger partial charge in [-0.05, 0) is 23.9 Å². The molecule has 0 N–H and O–H groups in total. The molecule has 96 valence electrons. The van der Waals surface area contributed by atoms with Gasteiger partial charge in [0, 0.05) is 17.0 Å². The van der Waals surface area contributed by atoms with Gasteiger partial charge in [0.15, 0.2) is 0 Å². The van der Waals surface area contributed by atoms with Crippen LogP contribution in [0, 0.1) is 5.92 Å². The van der Waals surface area contributed by atoms with Crippen LogP contribution in [0.25, 0.3) is 0 Å². The van der Waals surface area contributed by atoms with Crippen LogP contribution in [0.1, 0.15) is 30.3 Å². The Balaban J connectivity index is 2.05. The number of thiophene rings is 1. The summed E-state index contributed by atoms with van der Waals surface area (Å²) in [4.78, 5) is 10.1. The molecular weight excluding hydrogens is 244 g/mol. The third-order valence-corrected chi connectivity index (χ3v) is 3.74. The molecule has 18 heavy (non-hydrogen) atoms. The second-order valence-corrected chi connectivity index (χ2v) is 5.40. The Morgan fingerprint density at radius 1 is 1.56 bits per heavy atom. The van der Waals surface area contributed by atoms with E-state index in [0.717, 1.165) is 5.84 Å². The maximum atomic E-state index is 5.45. The van der Waals surface area contributed by atoms with Crippen LogP contribution in [0.2, 0.25) is 0 Å². The summed E-state index contributed by atoms with van der Waals surface area (Å²) < 4.78 is 5.45. The fraction of sp³-hybridized carbons (Fsp3) is 0.429. The van der Waals surface area contributed by atoms with Crippen LogP contribution in [0.5, 0.6) is 0 Å². The van der Waals surface area contributed by atoms with E-state index in [2.05, 4.69) is 34.9 Å². The van der Waals surface area contributed by atoms with Crippen LogP contribution < -0.4 is 0 Å². The van der Waals surface area contributed by atoms with Gasteiger partial charge in [0.25, 0.3) is 0 Å². The Kier molecular flexibility index (Phi) is 4.44. The van der Waals surface area contributed by atoms with Crippen LogP contribution in [-0.4, -0.2) is 18.7 Å². The van der Waals surface area contributed by atoms with Gasteiger partial charge >= 0.3 is 0 Å². The van der Waals surface area contributed by atoms with Gasteiger partial charge in [0.05, 0.1) is 19.3 Å². The van der Waals surface area contributed by atoms with Crippen molar-refractivity contribution in [3.63, 3.8) is 0 Å². The summed E-state index contributed by atoms with van der Waals surface area (Å²) in [5.41, 5.74) is 1.26. The minimum Gasteiger partial charge on any atom is -0.372 e.